The number of benzene rings is 3. The van der Waals surface area contributed by atoms with Crippen LogP contribution in [0.1, 0.15) is 11.1 Å². The Bertz CT molecular complexity index is 1300. The normalized spacial score (nSPS) is 11.0. The van der Waals surface area contributed by atoms with Gasteiger partial charge in [0.05, 0.1) is 32.7 Å². The number of H-pyrrole nitrogens is 2. The predicted molar refractivity (Wildman–Crippen MR) is 128 cm³/mol. The molecule has 0 atom stereocenters. The van der Waals surface area contributed by atoms with E-state index >= 15 is 0 Å². The molecule has 0 saturated carbocycles. The van der Waals surface area contributed by atoms with Crippen molar-refractivity contribution < 1.29 is 9.47 Å². The summed E-state index contributed by atoms with van der Waals surface area (Å²) >= 11 is 15.6. The molecular weight excluding hydrogens is 505 g/mol. The highest BCUT2D eigenvalue weighted by molar-refractivity contribution is 9.10. The standard InChI is InChI=1S/C22H18BrCl2N3O3/c1-30-20-8-13(10-26-14-3-5-18-19(9-14)28-22(29)27-18)6-15(23)21(20)31-11-12-2-4-16(24)17(25)7-12/h2-9,26H,10-11H2,1H3,(H2,27,28,29). The maximum atomic E-state index is 11.4. The quantitative estimate of drug-likeness (QED) is 0.273. The van der Waals surface area contributed by atoms with Crippen LogP contribution in [0.3, 0.4) is 0 Å². The molecule has 160 valence electrons. The first-order chi connectivity index (χ1) is 14.9. The Morgan fingerprint density at radius 2 is 1.77 bits per heavy atom. The zero-order chi connectivity index (χ0) is 22.0. The topological polar surface area (TPSA) is 79.1 Å². The van der Waals surface area contributed by atoms with Crippen molar-refractivity contribution in [3.05, 3.63) is 84.7 Å². The number of hydrogen-bond donors (Lipinski definition) is 3. The summed E-state index contributed by atoms with van der Waals surface area (Å²) in [7, 11) is 1.60. The van der Waals surface area contributed by atoms with E-state index in [-0.39, 0.29) is 5.69 Å². The molecule has 1 heterocycles. The molecule has 3 N–H and O–H groups in total. The number of anilines is 1. The lowest BCUT2D eigenvalue weighted by Crippen LogP contribution is -2.03. The van der Waals surface area contributed by atoms with Crippen LogP contribution in [0.4, 0.5) is 5.69 Å². The molecule has 6 nitrogen and oxygen atoms in total. The number of imidazole rings is 1. The minimum atomic E-state index is -0.225. The van der Waals surface area contributed by atoms with Crippen LogP contribution in [-0.2, 0) is 13.2 Å². The molecule has 0 saturated heterocycles. The van der Waals surface area contributed by atoms with Crippen molar-refractivity contribution in [1.29, 1.82) is 0 Å². The largest absolute Gasteiger partial charge is 0.493 e. The fraction of sp³-hybridized carbons (Fsp3) is 0.136. The summed E-state index contributed by atoms with van der Waals surface area (Å²) in [6.07, 6.45) is 0. The van der Waals surface area contributed by atoms with Crippen molar-refractivity contribution in [1.82, 2.24) is 9.97 Å². The van der Waals surface area contributed by atoms with E-state index < -0.39 is 0 Å². The fourth-order valence-electron chi connectivity index (χ4n) is 3.15. The second kappa shape index (κ2) is 9.26. The first-order valence-electron chi connectivity index (χ1n) is 9.32. The molecule has 0 unspecified atom stereocenters. The van der Waals surface area contributed by atoms with Crippen LogP contribution in [-0.4, -0.2) is 17.1 Å². The molecule has 1 aromatic heterocycles. The third kappa shape index (κ3) is 5.01. The molecule has 0 amide bonds. The first-order valence-corrected chi connectivity index (χ1v) is 10.9. The van der Waals surface area contributed by atoms with Gasteiger partial charge < -0.3 is 24.8 Å². The van der Waals surface area contributed by atoms with Crippen LogP contribution < -0.4 is 20.5 Å². The second-order valence-electron chi connectivity index (χ2n) is 6.84. The molecule has 0 bridgehead atoms. The highest BCUT2D eigenvalue weighted by Crippen LogP contribution is 2.37. The summed E-state index contributed by atoms with van der Waals surface area (Å²) in [5.41, 5.74) is 4.07. The van der Waals surface area contributed by atoms with Gasteiger partial charge in [-0.1, -0.05) is 29.3 Å². The molecule has 0 aliphatic rings. The molecule has 31 heavy (non-hydrogen) atoms. The van der Waals surface area contributed by atoms with Gasteiger partial charge in [-0.2, -0.15) is 0 Å². The number of halogens is 3. The van der Waals surface area contributed by atoms with E-state index in [0.717, 1.165) is 32.3 Å². The maximum absolute atomic E-state index is 11.4. The van der Waals surface area contributed by atoms with Crippen molar-refractivity contribution in [2.45, 2.75) is 13.2 Å². The Hall–Kier alpha value is -2.61. The lowest BCUT2D eigenvalue weighted by atomic mass is 10.2. The average Bonchev–Trinajstić information content (AvgIpc) is 3.12. The SMILES string of the molecule is COc1cc(CNc2ccc3[nH]c(=O)[nH]c3c2)cc(Br)c1OCc1ccc(Cl)c(Cl)c1. The Kier molecular flexibility index (Phi) is 6.46. The Labute approximate surface area is 196 Å². The molecule has 0 aliphatic heterocycles. The van der Waals surface area contributed by atoms with Gasteiger partial charge in [-0.15, -0.1) is 0 Å². The van der Waals surface area contributed by atoms with Gasteiger partial charge in [0, 0.05) is 12.2 Å². The van der Waals surface area contributed by atoms with Crippen molar-refractivity contribution in [3.63, 3.8) is 0 Å². The summed E-state index contributed by atoms with van der Waals surface area (Å²) < 4.78 is 12.3. The first kappa shape index (κ1) is 21.6. The molecule has 0 fully saturated rings. The van der Waals surface area contributed by atoms with Gasteiger partial charge in [-0.25, -0.2) is 4.79 Å². The van der Waals surface area contributed by atoms with Crippen molar-refractivity contribution in [2.24, 2.45) is 0 Å². The number of fused-ring (bicyclic) bond motifs is 1. The number of aromatic amines is 2. The van der Waals surface area contributed by atoms with Crippen LogP contribution in [0.25, 0.3) is 11.0 Å². The summed E-state index contributed by atoms with van der Waals surface area (Å²) in [5, 5.41) is 4.34. The van der Waals surface area contributed by atoms with E-state index in [4.69, 9.17) is 32.7 Å². The van der Waals surface area contributed by atoms with E-state index in [0.29, 0.717) is 34.7 Å². The lowest BCUT2D eigenvalue weighted by molar-refractivity contribution is 0.282. The van der Waals surface area contributed by atoms with E-state index in [2.05, 4.69) is 31.2 Å². The average molecular weight is 523 g/mol. The monoisotopic (exact) mass is 521 g/mol. The molecular formula is C22H18BrCl2N3O3. The van der Waals surface area contributed by atoms with E-state index in [9.17, 15) is 4.79 Å². The number of rotatable bonds is 7. The maximum Gasteiger partial charge on any atom is 0.323 e. The number of hydrogen-bond acceptors (Lipinski definition) is 4. The molecule has 4 aromatic rings. The Balaban J connectivity index is 1.48. The highest BCUT2D eigenvalue weighted by Gasteiger charge is 2.13. The lowest BCUT2D eigenvalue weighted by Gasteiger charge is -2.15. The van der Waals surface area contributed by atoms with Gasteiger partial charge in [-0.3, -0.25) is 0 Å². The number of ether oxygens (including phenoxy) is 2. The van der Waals surface area contributed by atoms with Gasteiger partial charge >= 0.3 is 5.69 Å². The molecule has 0 radical (unpaired) electrons. The minimum absolute atomic E-state index is 0.225. The summed E-state index contributed by atoms with van der Waals surface area (Å²) in [6.45, 7) is 0.876. The minimum Gasteiger partial charge on any atom is -0.493 e. The number of methoxy groups -OCH3 is 1. The van der Waals surface area contributed by atoms with E-state index in [1.54, 1.807) is 19.2 Å². The zero-order valence-corrected chi connectivity index (χ0v) is 19.5. The van der Waals surface area contributed by atoms with Crippen LogP contribution in [0, 0.1) is 0 Å². The zero-order valence-electron chi connectivity index (χ0n) is 16.4. The number of nitrogens with one attached hydrogen (secondary N) is 3. The number of aromatic nitrogens is 2. The highest BCUT2D eigenvalue weighted by atomic mass is 79.9. The van der Waals surface area contributed by atoms with E-state index in [1.165, 1.54) is 0 Å². The predicted octanol–water partition coefficient (Wildman–Crippen LogP) is 6.13. The van der Waals surface area contributed by atoms with Gasteiger partial charge in [0.15, 0.2) is 11.5 Å². The Morgan fingerprint density at radius 1 is 0.968 bits per heavy atom. The molecule has 9 heteroatoms. The summed E-state index contributed by atoms with van der Waals surface area (Å²) in [5.74, 6) is 1.21. The molecule has 0 aliphatic carbocycles. The van der Waals surface area contributed by atoms with Crippen LogP contribution in [0.15, 0.2) is 57.8 Å². The molecule has 0 spiro atoms. The van der Waals surface area contributed by atoms with Gasteiger partial charge in [-0.05, 0) is 69.5 Å². The second-order valence-corrected chi connectivity index (χ2v) is 8.51. The third-order valence-corrected chi connectivity index (χ3v) is 6.00. The smallest absolute Gasteiger partial charge is 0.323 e. The van der Waals surface area contributed by atoms with Crippen molar-refractivity contribution in [3.8, 4) is 11.5 Å². The van der Waals surface area contributed by atoms with Crippen molar-refractivity contribution in [2.75, 3.05) is 12.4 Å². The van der Waals surface area contributed by atoms with Crippen molar-refractivity contribution >= 4 is 55.9 Å². The summed E-state index contributed by atoms with van der Waals surface area (Å²) in [4.78, 5) is 16.9. The van der Waals surface area contributed by atoms with Gasteiger partial charge in [0.1, 0.15) is 6.61 Å². The van der Waals surface area contributed by atoms with Crippen LogP contribution >= 0.6 is 39.1 Å². The Morgan fingerprint density at radius 3 is 2.55 bits per heavy atom. The van der Waals surface area contributed by atoms with E-state index in [1.807, 2.05) is 36.4 Å². The fourth-order valence-corrected chi connectivity index (χ4v) is 4.07. The third-order valence-electron chi connectivity index (χ3n) is 4.67. The van der Waals surface area contributed by atoms with Crippen LogP contribution in [0.2, 0.25) is 10.0 Å². The van der Waals surface area contributed by atoms with Gasteiger partial charge in [0.25, 0.3) is 0 Å². The van der Waals surface area contributed by atoms with Crippen LogP contribution in [0.5, 0.6) is 11.5 Å². The molecule has 4 rings (SSSR count). The summed E-state index contributed by atoms with van der Waals surface area (Å²) in [6, 6.07) is 14.9. The van der Waals surface area contributed by atoms with Gasteiger partial charge in [0.2, 0.25) is 0 Å². The molecule has 3 aromatic carbocycles.